The number of piperazine rings is 1. The van der Waals surface area contributed by atoms with E-state index in [0.717, 1.165) is 17.7 Å². The summed E-state index contributed by atoms with van der Waals surface area (Å²) < 4.78 is 27.2. The summed E-state index contributed by atoms with van der Waals surface area (Å²) in [6.07, 6.45) is 1.11. The number of benzene rings is 2. The van der Waals surface area contributed by atoms with Crippen LogP contribution in [0.25, 0.3) is 0 Å². The maximum absolute atomic E-state index is 12.8. The van der Waals surface area contributed by atoms with Crippen LogP contribution in [0.15, 0.2) is 53.4 Å². The molecule has 0 aromatic heterocycles. The first-order valence-electron chi connectivity index (χ1n) is 10.0. The van der Waals surface area contributed by atoms with Crippen molar-refractivity contribution in [3.05, 3.63) is 59.7 Å². The average molecular weight is 432 g/mol. The summed E-state index contributed by atoms with van der Waals surface area (Å²) in [4.78, 5) is 2.37. The van der Waals surface area contributed by atoms with Crippen LogP contribution in [0.2, 0.25) is 0 Å². The number of thiocarbonyl (C=S) groups is 1. The molecule has 1 fully saturated rings. The Morgan fingerprint density at radius 1 is 1.03 bits per heavy atom. The van der Waals surface area contributed by atoms with Crippen LogP contribution in [0, 0.1) is 6.92 Å². The Kier molecular flexibility index (Phi) is 6.93. The van der Waals surface area contributed by atoms with Crippen LogP contribution < -0.4 is 5.32 Å². The van der Waals surface area contributed by atoms with Crippen LogP contribution in [0.4, 0.5) is 5.69 Å². The molecule has 1 aliphatic rings. The molecule has 3 rings (SSSR count). The predicted octanol–water partition coefficient (Wildman–Crippen LogP) is 4.21. The van der Waals surface area contributed by atoms with E-state index in [4.69, 9.17) is 12.2 Å². The van der Waals surface area contributed by atoms with E-state index in [1.54, 1.807) is 12.1 Å². The topological polar surface area (TPSA) is 52.6 Å². The minimum Gasteiger partial charge on any atom is -0.346 e. The second-order valence-corrected chi connectivity index (χ2v) is 9.89. The van der Waals surface area contributed by atoms with Crippen LogP contribution >= 0.6 is 12.2 Å². The van der Waals surface area contributed by atoms with Crippen molar-refractivity contribution in [3.8, 4) is 0 Å². The molecule has 1 N–H and O–H groups in total. The quantitative estimate of drug-likeness (QED) is 0.719. The number of rotatable bonds is 5. The maximum atomic E-state index is 12.8. The molecule has 0 bridgehead atoms. The molecule has 0 amide bonds. The van der Waals surface area contributed by atoms with Crippen molar-refractivity contribution in [1.29, 1.82) is 0 Å². The summed E-state index contributed by atoms with van der Waals surface area (Å²) in [5.41, 5.74) is 3.32. The Hall–Kier alpha value is -1.96. The van der Waals surface area contributed by atoms with Crippen LogP contribution in [0.5, 0.6) is 0 Å². The van der Waals surface area contributed by atoms with E-state index in [1.807, 2.05) is 36.1 Å². The summed E-state index contributed by atoms with van der Waals surface area (Å²) in [6.45, 7) is 8.34. The number of nitrogens with one attached hydrogen (secondary N) is 1. The van der Waals surface area contributed by atoms with Gasteiger partial charge >= 0.3 is 0 Å². The fourth-order valence-corrected chi connectivity index (χ4v) is 5.05. The summed E-state index contributed by atoms with van der Waals surface area (Å²) in [5.74, 6) is 0.541. The normalized spacial score (nSPS) is 16.4. The van der Waals surface area contributed by atoms with Crippen molar-refractivity contribution < 1.29 is 8.42 Å². The van der Waals surface area contributed by atoms with Crippen molar-refractivity contribution in [2.45, 2.75) is 38.0 Å². The van der Waals surface area contributed by atoms with Gasteiger partial charge in [0, 0.05) is 31.9 Å². The molecule has 29 heavy (non-hydrogen) atoms. The standard InChI is InChI=1S/C22H29N3O2S2/c1-4-18(3)19-7-9-20(10-8-19)23-22(28)24-13-15-25(16-14-24)29(26,27)21-11-5-17(2)6-12-21/h5-12,18H,4,13-16H2,1-3H3,(H,23,28). The molecule has 0 saturated carbocycles. The number of anilines is 1. The van der Waals surface area contributed by atoms with Gasteiger partial charge in [-0.2, -0.15) is 4.31 Å². The van der Waals surface area contributed by atoms with Crippen molar-refractivity contribution >= 4 is 33.0 Å². The highest BCUT2D eigenvalue weighted by atomic mass is 32.2. The van der Waals surface area contributed by atoms with Crippen LogP contribution in [0.1, 0.15) is 37.3 Å². The molecule has 2 aromatic carbocycles. The van der Waals surface area contributed by atoms with E-state index in [9.17, 15) is 8.42 Å². The molecule has 2 aromatic rings. The highest BCUT2D eigenvalue weighted by Crippen LogP contribution is 2.21. The zero-order valence-corrected chi connectivity index (χ0v) is 18.9. The summed E-state index contributed by atoms with van der Waals surface area (Å²) in [7, 11) is -3.46. The highest BCUT2D eigenvalue weighted by molar-refractivity contribution is 7.89. The maximum Gasteiger partial charge on any atom is 0.243 e. The number of sulfonamides is 1. The Bertz CT molecular complexity index is 933. The molecular formula is C22H29N3O2S2. The molecule has 7 heteroatoms. The minimum absolute atomic E-state index is 0.346. The third kappa shape index (κ3) is 5.15. The van der Waals surface area contributed by atoms with Gasteiger partial charge in [0.25, 0.3) is 0 Å². The lowest BCUT2D eigenvalue weighted by atomic mass is 9.99. The molecule has 0 spiro atoms. The van der Waals surface area contributed by atoms with E-state index < -0.39 is 10.0 Å². The van der Waals surface area contributed by atoms with Gasteiger partial charge in [-0.25, -0.2) is 8.42 Å². The zero-order valence-electron chi connectivity index (χ0n) is 17.3. The molecule has 156 valence electrons. The molecule has 1 unspecified atom stereocenters. The number of aryl methyl sites for hydroxylation is 1. The molecular weight excluding hydrogens is 402 g/mol. The van der Waals surface area contributed by atoms with Gasteiger partial charge in [0.15, 0.2) is 5.11 Å². The van der Waals surface area contributed by atoms with Crippen LogP contribution in [0.3, 0.4) is 0 Å². The predicted molar refractivity (Wildman–Crippen MR) is 123 cm³/mol. The lowest BCUT2D eigenvalue weighted by Gasteiger charge is -2.35. The van der Waals surface area contributed by atoms with E-state index >= 15 is 0 Å². The largest absolute Gasteiger partial charge is 0.346 e. The van der Waals surface area contributed by atoms with E-state index in [1.165, 1.54) is 9.87 Å². The summed E-state index contributed by atoms with van der Waals surface area (Å²) in [6, 6.07) is 15.4. The van der Waals surface area contributed by atoms with Crippen LogP contribution in [-0.4, -0.2) is 48.9 Å². The summed E-state index contributed by atoms with van der Waals surface area (Å²) in [5, 5.41) is 3.91. The summed E-state index contributed by atoms with van der Waals surface area (Å²) >= 11 is 5.55. The fraction of sp³-hybridized carbons (Fsp3) is 0.409. The van der Waals surface area contributed by atoms with Gasteiger partial charge in [-0.1, -0.05) is 43.7 Å². The monoisotopic (exact) mass is 431 g/mol. The SMILES string of the molecule is CCC(C)c1ccc(NC(=S)N2CCN(S(=O)(=O)c3ccc(C)cc3)CC2)cc1. The van der Waals surface area contributed by atoms with Crippen molar-refractivity contribution in [2.24, 2.45) is 0 Å². The second kappa shape index (κ2) is 9.24. The third-order valence-corrected chi connectivity index (χ3v) is 7.80. The van der Waals surface area contributed by atoms with Crippen molar-refractivity contribution in [3.63, 3.8) is 0 Å². The molecule has 1 heterocycles. The first-order chi connectivity index (χ1) is 13.8. The van der Waals surface area contributed by atoms with Gasteiger partial charge in [0.1, 0.15) is 0 Å². The Balaban J connectivity index is 1.57. The Labute approximate surface area is 179 Å². The second-order valence-electron chi connectivity index (χ2n) is 7.57. The lowest BCUT2D eigenvalue weighted by molar-refractivity contribution is 0.268. The van der Waals surface area contributed by atoms with Gasteiger partial charge in [0.2, 0.25) is 10.0 Å². The zero-order chi connectivity index (χ0) is 21.0. The van der Waals surface area contributed by atoms with Crippen LogP contribution in [-0.2, 0) is 10.0 Å². The first kappa shape index (κ1) is 21.7. The molecule has 1 atom stereocenters. The van der Waals surface area contributed by atoms with Gasteiger partial charge in [-0.05, 0) is 61.3 Å². The van der Waals surface area contributed by atoms with E-state index in [0.29, 0.717) is 42.1 Å². The molecule has 1 saturated heterocycles. The van der Waals surface area contributed by atoms with Crippen molar-refractivity contribution in [2.75, 3.05) is 31.5 Å². The molecule has 0 aliphatic carbocycles. The lowest BCUT2D eigenvalue weighted by Crippen LogP contribution is -2.51. The van der Waals surface area contributed by atoms with Gasteiger partial charge in [-0.3, -0.25) is 0 Å². The third-order valence-electron chi connectivity index (χ3n) is 5.53. The number of nitrogens with zero attached hydrogens (tertiary/aromatic N) is 2. The van der Waals surface area contributed by atoms with E-state index in [-0.39, 0.29) is 0 Å². The number of hydrogen-bond acceptors (Lipinski definition) is 3. The molecule has 1 aliphatic heterocycles. The Morgan fingerprint density at radius 2 is 1.62 bits per heavy atom. The van der Waals surface area contributed by atoms with E-state index in [2.05, 4.69) is 31.3 Å². The Morgan fingerprint density at radius 3 is 2.17 bits per heavy atom. The van der Waals surface area contributed by atoms with Gasteiger partial charge in [-0.15, -0.1) is 0 Å². The van der Waals surface area contributed by atoms with Gasteiger partial charge in [0.05, 0.1) is 4.90 Å². The highest BCUT2D eigenvalue weighted by Gasteiger charge is 2.29. The van der Waals surface area contributed by atoms with Crippen molar-refractivity contribution in [1.82, 2.24) is 9.21 Å². The molecule has 5 nitrogen and oxygen atoms in total. The van der Waals surface area contributed by atoms with Gasteiger partial charge < -0.3 is 10.2 Å². The average Bonchev–Trinajstić information content (AvgIpc) is 2.74. The number of hydrogen-bond donors (Lipinski definition) is 1. The fourth-order valence-electron chi connectivity index (χ4n) is 3.32. The smallest absolute Gasteiger partial charge is 0.243 e. The first-order valence-corrected chi connectivity index (χ1v) is 11.9. The molecule has 0 radical (unpaired) electrons. The minimum atomic E-state index is -3.46.